The lowest BCUT2D eigenvalue weighted by Gasteiger charge is -2.49. The summed E-state index contributed by atoms with van der Waals surface area (Å²) >= 11 is 0. The predicted molar refractivity (Wildman–Crippen MR) is 156 cm³/mol. The Kier molecular flexibility index (Phi) is 9.01. The molecule has 2 fully saturated rings. The smallest absolute Gasteiger partial charge is 0.217 e. The Hall–Kier alpha value is -2.64. The van der Waals surface area contributed by atoms with Crippen molar-refractivity contribution in [3.05, 3.63) is 94.5 Å². The molecule has 3 aromatic carbocycles. The van der Waals surface area contributed by atoms with E-state index in [-0.39, 0.29) is 5.91 Å². The lowest BCUT2D eigenvalue weighted by atomic mass is 9.95. The van der Waals surface area contributed by atoms with Crippen molar-refractivity contribution in [2.24, 2.45) is 0 Å². The van der Waals surface area contributed by atoms with E-state index in [9.17, 15) is 4.79 Å². The summed E-state index contributed by atoms with van der Waals surface area (Å²) in [4.78, 5) is 12.4. The second-order valence-corrected chi connectivity index (χ2v) is 12.6. The highest BCUT2D eigenvalue weighted by Gasteiger charge is 2.52. The molecule has 212 valence electrons. The fraction of sp³-hybridized carbons (Fsp3) is 0.406. The SMILES string of the molecule is CO[C@@H]1O[C@@H]2COC(c3ccccc3)O[C@H]2[C@H](OP(c2cc(C)cc(C)c2)c2cc(C)cc(C)c2)[C@H]1NC(C)=O. The second kappa shape index (κ2) is 12.5. The number of nitrogens with one attached hydrogen (secondary N) is 1. The maximum absolute atomic E-state index is 12.4. The van der Waals surface area contributed by atoms with Gasteiger partial charge in [-0.15, -0.1) is 0 Å². The van der Waals surface area contributed by atoms with E-state index in [1.807, 2.05) is 30.3 Å². The van der Waals surface area contributed by atoms with Crippen LogP contribution >= 0.6 is 8.15 Å². The van der Waals surface area contributed by atoms with Crippen LogP contribution < -0.4 is 15.9 Å². The van der Waals surface area contributed by atoms with Crippen molar-refractivity contribution >= 4 is 24.7 Å². The van der Waals surface area contributed by atoms with E-state index < -0.39 is 45.1 Å². The molecular formula is C32H38NO6P. The number of carbonyl (C=O) groups excluding carboxylic acids is 1. The summed E-state index contributed by atoms with van der Waals surface area (Å²) in [5, 5.41) is 5.25. The normalized spacial score (nSPS) is 26.4. The summed E-state index contributed by atoms with van der Waals surface area (Å²) in [5.41, 5.74) is 5.58. The van der Waals surface area contributed by atoms with Gasteiger partial charge >= 0.3 is 0 Å². The highest BCUT2D eigenvalue weighted by Crippen LogP contribution is 2.44. The van der Waals surface area contributed by atoms with Gasteiger partial charge in [0.15, 0.2) is 12.6 Å². The van der Waals surface area contributed by atoms with Crippen LogP contribution in [0.5, 0.6) is 0 Å². The van der Waals surface area contributed by atoms with Gasteiger partial charge in [0.25, 0.3) is 0 Å². The predicted octanol–water partition coefficient (Wildman–Crippen LogP) is 4.64. The van der Waals surface area contributed by atoms with Gasteiger partial charge in [-0.2, -0.15) is 0 Å². The van der Waals surface area contributed by atoms with Crippen LogP contribution in [-0.2, 0) is 28.3 Å². The summed E-state index contributed by atoms with van der Waals surface area (Å²) in [7, 11) is 0.276. The summed E-state index contributed by atoms with van der Waals surface area (Å²) < 4.78 is 31.9. The quantitative estimate of drug-likeness (QED) is 0.422. The first kappa shape index (κ1) is 28.9. The van der Waals surface area contributed by atoms with Crippen molar-refractivity contribution in [2.75, 3.05) is 13.7 Å². The second-order valence-electron chi connectivity index (χ2n) is 10.7. The zero-order chi connectivity index (χ0) is 28.4. The molecule has 0 radical (unpaired) electrons. The first-order valence-electron chi connectivity index (χ1n) is 13.6. The van der Waals surface area contributed by atoms with Crippen molar-refractivity contribution in [3.8, 4) is 0 Å². The van der Waals surface area contributed by atoms with E-state index >= 15 is 0 Å². The Labute approximate surface area is 238 Å². The summed E-state index contributed by atoms with van der Waals surface area (Å²) in [6, 6.07) is 22.3. The van der Waals surface area contributed by atoms with Gasteiger partial charge in [-0.25, -0.2) is 0 Å². The Morgan fingerprint density at radius 3 is 1.98 bits per heavy atom. The Morgan fingerprint density at radius 1 is 0.875 bits per heavy atom. The van der Waals surface area contributed by atoms with E-state index in [0.29, 0.717) is 6.61 Å². The van der Waals surface area contributed by atoms with Crippen LogP contribution in [0.15, 0.2) is 66.7 Å². The van der Waals surface area contributed by atoms with Gasteiger partial charge in [0.2, 0.25) is 5.91 Å². The first-order chi connectivity index (χ1) is 19.2. The number of benzene rings is 3. The van der Waals surface area contributed by atoms with E-state index in [2.05, 4.69) is 69.4 Å². The van der Waals surface area contributed by atoms with Crippen molar-refractivity contribution in [1.82, 2.24) is 5.32 Å². The van der Waals surface area contributed by atoms with Crippen LogP contribution in [0.3, 0.4) is 0 Å². The number of methoxy groups -OCH3 is 1. The summed E-state index contributed by atoms with van der Waals surface area (Å²) in [6.45, 7) is 10.2. The molecule has 0 aromatic heterocycles. The average Bonchev–Trinajstić information content (AvgIpc) is 2.91. The Bertz CT molecular complexity index is 1240. The van der Waals surface area contributed by atoms with Crippen LogP contribution in [0, 0.1) is 27.7 Å². The molecule has 40 heavy (non-hydrogen) atoms. The zero-order valence-corrected chi connectivity index (χ0v) is 24.8. The molecule has 0 aliphatic carbocycles. The highest BCUT2D eigenvalue weighted by molar-refractivity contribution is 7.68. The Morgan fingerprint density at radius 2 is 1.45 bits per heavy atom. The third-order valence-electron chi connectivity index (χ3n) is 7.12. The fourth-order valence-corrected chi connectivity index (χ4v) is 7.91. The minimum absolute atomic E-state index is 0.198. The molecule has 2 aliphatic heterocycles. The number of hydrogen-bond acceptors (Lipinski definition) is 6. The van der Waals surface area contributed by atoms with Crippen molar-refractivity contribution in [1.29, 1.82) is 0 Å². The average molecular weight is 564 g/mol. The molecule has 1 N–H and O–H groups in total. The fourth-order valence-electron chi connectivity index (χ4n) is 5.59. The Balaban J connectivity index is 1.59. The van der Waals surface area contributed by atoms with Crippen molar-refractivity contribution < 1.29 is 28.3 Å². The van der Waals surface area contributed by atoms with Crippen LogP contribution in [-0.4, -0.2) is 50.3 Å². The number of hydrogen-bond donors (Lipinski definition) is 1. The molecule has 0 bridgehead atoms. The molecule has 3 aromatic rings. The van der Waals surface area contributed by atoms with Gasteiger partial charge in [0.1, 0.15) is 24.4 Å². The molecule has 0 spiro atoms. The molecule has 6 atom stereocenters. The molecule has 1 amide bonds. The third-order valence-corrected chi connectivity index (χ3v) is 9.03. The number of ether oxygens (including phenoxy) is 4. The van der Waals surface area contributed by atoms with E-state index in [0.717, 1.165) is 16.2 Å². The largest absolute Gasteiger partial charge is 0.354 e. The minimum Gasteiger partial charge on any atom is -0.354 e. The maximum Gasteiger partial charge on any atom is 0.217 e. The third kappa shape index (κ3) is 6.46. The first-order valence-corrected chi connectivity index (χ1v) is 14.9. The summed E-state index contributed by atoms with van der Waals surface area (Å²) in [5.74, 6) is -0.198. The molecule has 1 unspecified atom stereocenters. The minimum atomic E-state index is -1.30. The number of carbonyl (C=O) groups is 1. The van der Waals surface area contributed by atoms with E-state index in [1.54, 1.807) is 7.11 Å². The van der Waals surface area contributed by atoms with Crippen LogP contribution in [0.4, 0.5) is 0 Å². The lowest BCUT2D eigenvalue weighted by molar-refractivity contribution is -0.337. The molecule has 2 saturated heterocycles. The molecule has 2 heterocycles. The highest BCUT2D eigenvalue weighted by atomic mass is 31.1. The molecular weight excluding hydrogens is 525 g/mol. The van der Waals surface area contributed by atoms with Gasteiger partial charge in [-0.05, 0) is 52.0 Å². The van der Waals surface area contributed by atoms with Gasteiger partial charge in [-0.1, -0.05) is 64.7 Å². The zero-order valence-electron chi connectivity index (χ0n) is 23.9. The number of rotatable bonds is 7. The standard InChI is InChI=1S/C32H38NO6P/c1-19-12-20(2)15-25(14-19)40(26-16-21(3)13-22(4)17-26)39-30-28(33-23(5)34)32(35-6)37-27-18-36-31(38-29(27)30)24-10-8-7-9-11-24/h7-17,27-32H,18H2,1-6H3,(H,33,34)/t27-,28-,29-,30-,31?,32-/m1/s1. The van der Waals surface area contributed by atoms with Gasteiger partial charge in [0.05, 0.1) is 14.8 Å². The topological polar surface area (TPSA) is 75.2 Å². The van der Waals surface area contributed by atoms with E-state index in [4.69, 9.17) is 23.5 Å². The van der Waals surface area contributed by atoms with Gasteiger partial charge in [-0.3, -0.25) is 4.79 Å². The van der Waals surface area contributed by atoms with Crippen LogP contribution in [0.1, 0.15) is 41.0 Å². The molecule has 2 aliphatic rings. The van der Waals surface area contributed by atoms with Crippen molar-refractivity contribution in [2.45, 2.75) is 71.6 Å². The van der Waals surface area contributed by atoms with Crippen molar-refractivity contribution in [3.63, 3.8) is 0 Å². The lowest BCUT2D eigenvalue weighted by Crippen LogP contribution is -2.67. The monoisotopic (exact) mass is 563 g/mol. The summed E-state index contributed by atoms with van der Waals surface area (Å²) in [6.07, 6.45) is -2.83. The molecule has 0 saturated carbocycles. The number of amides is 1. The molecule has 7 nitrogen and oxygen atoms in total. The van der Waals surface area contributed by atoms with Crippen LogP contribution in [0.2, 0.25) is 0 Å². The van der Waals surface area contributed by atoms with Gasteiger partial charge in [0, 0.05) is 30.2 Å². The molecule has 5 rings (SSSR count). The van der Waals surface area contributed by atoms with Gasteiger partial charge < -0.3 is 28.8 Å². The number of aryl methyl sites for hydroxylation is 4. The van der Waals surface area contributed by atoms with Crippen LogP contribution in [0.25, 0.3) is 0 Å². The van der Waals surface area contributed by atoms with E-state index in [1.165, 1.54) is 29.2 Å². The molecule has 8 heteroatoms. The maximum atomic E-state index is 12.4. The number of fused-ring (bicyclic) bond motifs is 1.